The molecule has 0 heterocycles. The molecule has 1 fully saturated rings. The number of hydrogen-bond donors (Lipinski definition) is 2. The first kappa shape index (κ1) is 27.2. The molecule has 0 radical (unpaired) electrons. The van der Waals surface area contributed by atoms with Crippen LogP contribution in [0.15, 0.2) is 35.3 Å². The van der Waals surface area contributed by atoms with Gasteiger partial charge >= 0.3 is 0 Å². The summed E-state index contributed by atoms with van der Waals surface area (Å²) in [5.41, 5.74) is 1.12. The molecule has 0 aromatic heterocycles. The molecule has 0 saturated heterocycles. The molecule has 0 unspecified atom stereocenters. The highest BCUT2D eigenvalue weighted by molar-refractivity contribution is 14.0. The molecule has 0 atom stereocenters. The third-order valence-corrected chi connectivity index (χ3v) is 7.34. The highest BCUT2D eigenvalue weighted by Crippen LogP contribution is 2.40. The quantitative estimate of drug-likeness (QED) is 0.179. The molecule has 0 spiro atoms. The van der Waals surface area contributed by atoms with E-state index in [-0.39, 0.29) is 40.9 Å². The number of nitrogens with one attached hydrogen (secondary N) is 2. The highest BCUT2D eigenvalue weighted by Gasteiger charge is 2.33. The first-order valence-electron chi connectivity index (χ1n) is 10.8. The number of hydrogen-bond acceptors (Lipinski definition) is 4. The SMILES string of the molecule is CCOCCC1(CNC(=NC)NCCCS(=O)(=O)Cc2ccccc2)CCCC1.I. The molecule has 0 aliphatic heterocycles. The Kier molecular flexibility index (Phi) is 12.9. The third-order valence-electron chi connectivity index (χ3n) is 5.65. The second-order valence-corrected chi connectivity index (χ2v) is 10.1. The van der Waals surface area contributed by atoms with Crippen molar-refractivity contribution in [2.24, 2.45) is 10.4 Å². The zero-order valence-corrected chi connectivity index (χ0v) is 21.5. The molecule has 172 valence electrons. The standard InChI is InChI=1S/C22H37N3O3S.HI/c1-3-28-16-14-22(12-7-8-13-22)19-25-21(23-2)24-15-9-17-29(26,27)18-20-10-5-4-6-11-20;/h4-6,10-11H,3,7-9,12-19H2,1-2H3,(H2,23,24,25);1H. The average Bonchev–Trinajstić information content (AvgIpc) is 3.17. The molecule has 2 N–H and O–H groups in total. The summed E-state index contributed by atoms with van der Waals surface area (Å²) < 4.78 is 30.2. The third kappa shape index (κ3) is 9.96. The second-order valence-electron chi connectivity index (χ2n) is 7.94. The van der Waals surface area contributed by atoms with Crippen molar-refractivity contribution < 1.29 is 13.2 Å². The van der Waals surface area contributed by atoms with Crippen molar-refractivity contribution in [3.63, 3.8) is 0 Å². The second kappa shape index (κ2) is 14.2. The van der Waals surface area contributed by atoms with Gasteiger partial charge in [-0.15, -0.1) is 24.0 Å². The maximum Gasteiger partial charge on any atom is 0.190 e. The van der Waals surface area contributed by atoms with Gasteiger partial charge in [-0.2, -0.15) is 0 Å². The summed E-state index contributed by atoms with van der Waals surface area (Å²) in [5.74, 6) is 1.01. The normalized spacial score (nSPS) is 16.1. The zero-order valence-electron chi connectivity index (χ0n) is 18.4. The van der Waals surface area contributed by atoms with Crippen molar-refractivity contribution in [3.05, 3.63) is 35.9 Å². The summed E-state index contributed by atoms with van der Waals surface area (Å²) in [4.78, 5) is 4.29. The van der Waals surface area contributed by atoms with E-state index >= 15 is 0 Å². The van der Waals surface area contributed by atoms with E-state index in [1.165, 1.54) is 25.7 Å². The molecule has 8 heteroatoms. The molecule has 0 amide bonds. The molecule has 1 saturated carbocycles. The molecule has 1 aliphatic carbocycles. The van der Waals surface area contributed by atoms with Crippen molar-refractivity contribution in [1.82, 2.24) is 10.6 Å². The summed E-state index contributed by atoms with van der Waals surface area (Å²) in [5, 5.41) is 6.71. The highest BCUT2D eigenvalue weighted by atomic mass is 127. The van der Waals surface area contributed by atoms with Crippen LogP contribution in [0.3, 0.4) is 0 Å². The van der Waals surface area contributed by atoms with Crippen LogP contribution in [0.2, 0.25) is 0 Å². The minimum absolute atomic E-state index is 0. The molecule has 0 bridgehead atoms. The van der Waals surface area contributed by atoms with Crippen LogP contribution in [0.4, 0.5) is 0 Å². The molecule has 1 aromatic rings. The molecule has 1 aromatic carbocycles. The molecular weight excluding hydrogens is 513 g/mol. The van der Waals surface area contributed by atoms with Gasteiger partial charge in [0.2, 0.25) is 0 Å². The Hall–Kier alpha value is -0.870. The summed E-state index contributed by atoms with van der Waals surface area (Å²) in [6.07, 6.45) is 6.63. The van der Waals surface area contributed by atoms with Crippen LogP contribution >= 0.6 is 24.0 Å². The Bertz CT molecular complexity index is 720. The van der Waals surface area contributed by atoms with E-state index in [4.69, 9.17) is 4.74 Å². The van der Waals surface area contributed by atoms with Gasteiger partial charge in [0.05, 0.1) is 11.5 Å². The van der Waals surface area contributed by atoms with Crippen molar-refractivity contribution in [1.29, 1.82) is 0 Å². The molecule has 2 rings (SSSR count). The van der Waals surface area contributed by atoms with E-state index < -0.39 is 9.84 Å². The van der Waals surface area contributed by atoms with Gasteiger partial charge in [-0.25, -0.2) is 8.42 Å². The van der Waals surface area contributed by atoms with Crippen LogP contribution in [-0.4, -0.2) is 53.5 Å². The van der Waals surface area contributed by atoms with E-state index in [0.29, 0.717) is 13.0 Å². The van der Waals surface area contributed by atoms with Crippen molar-refractivity contribution in [2.45, 2.75) is 51.2 Å². The Balaban J connectivity index is 0.00000450. The van der Waals surface area contributed by atoms with Crippen LogP contribution in [0.25, 0.3) is 0 Å². The summed E-state index contributed by atoms with van der Waals surface area (Å²) >= 11 is 0. The van der Waals surface area contributed by atoms with E-state index in [2.05, 4.69) is 15.6 Å². The van der Waals surface area contributed by atoms with Crippen LogP contribution in [-0.2, 0) is 20.3 Å². The molecular formula is C22H38IN3O3S. The number of halogens is 1. The maximum atomic E-state index is 12.3. The van der Waals surface area contributed by atoms with Gasteiger partial charge in [-0.3, -0.25) is 4.99 Å². The number of guanidine groups is 1. The van der Waals surface area contributed by atoms with Gasteiger partial charge in [0.25, 0.3) is 0 Å². The fourth-order valence-corrected chi connectivity index (χ4v) is 5.39. The molecule has 6 nitrogen and oxygen atoms in total. The fourth-order valence-electron chi connectivity index (χ4n) is 3.96. The summed E-state index contributed by atoms with van der Waals surface area (Å²) in [7, 11) is -1.35. The fraction of sp³-hybridized carbons (Fsp3) is 0.682. The van der Waals surface area contributed by atoms with Crippen molar-refractivity contribution >= 4 is 39.8 Å². The largest absolute Gasteiger partial charge is 0.382 e. The van der Waals surface area contributed by atoms with Gasteiger partial charge in [0.1, 0.15) is 0 Å². The number of sulfone groups is 1. The van der Waals surface area contributed by atoms with Gasteiger partial charge < -0.3 is 15.4 Å². The number of ether oxygens (including phenoxy) is 1. The van der Waals surface area contributed by atoms with Crippen LogP contribution in [0.1, 0.15) is 51.0 Å². The predicted octanol–water partition coefficient (Wildman–Crippen LogP) is 3.76. The first-order chi connectivity index (χ1) is 14.0. The van der Waals surface area contributed by atoms with Crippen LogP contribution < -0.4 is 10.6 Å². The Morgan fingerprint density at radius 2 is 1.87 bits per heavy atom. The number of benzene rings is 1. The van der Waals surface area contributed by atoms with Gasteiger partial charge in [-0.1, -0.05) is 43.2 Å². The Morgan fingerprint density at radius 1 is 1.17 bits per heavy atom. The number of rotatable bonds is 12. The van der Waals surface area contributed by atoms with E-state index in [9.17, 15) is 8.42 Å². The van der Waals surface area contributed by atoms with E-state index in [1.807, 2.05) is 37.3 Å². The average molecular weight is 552 g/mol. The number of nitrogens with zero attached hydrogens (tertiary/aromatic N) is 1. The minimum Gasteiger partial charge on any atom is -0.382 e. The lowest BCUT2D eigenvalue weighted by Gasteiger charge is -2.30. The Labute approximate surface area is 199 Å². The monoisotopic (exact) mass is 551 g/mol. The maximum absolute atomic E-state index is 12.3. The van der Waals surface area contributed by atoms with Crippen LogP contribution in [0.5, 0.6) is 0 Å². The summed E-state index contributed by atoms with van der Waals surface area (Å²) in [6, 6.07) is 9.34. The van der Waals surface area contributed by atoms with E-state index in [1.54, 1.807) is 7.05 Å². The lowest BCUT2D eigenvalue weighted by atomic mass is 9.83. The first-order valence-corrected chi connectivity index (χ1v) is 12.6. The lowest BCUT2D eigenvalue weighted by molar-refractivity contribution is 0.105. The lowest BCUT2D eigenvalue weighted by Crippen LogP contribution is -2.43. The van der Waals surface area contributed by atoms with Gasteiger partial charge in [0, 0.05) is 33.4 Å². The topological polar surface area (TPSA) is 79.8 Å². The summed E-state index contributed by atoms with van der Waals surface area (Å²) in [6.45, 7) is 5.07. The van der Waals surface area contributed by atoms with Crippen molar-refractivity contribution in [2.75, 3.05) is 39.1 Å². The molecule has 30 heavy (non-hydrogen) atoms. The Morgan fingerprint density at radius 3 is 2.50 bits per heavy atom. The van der Waals surface area contributed by atoms with Crippen molar-refractivity contribution in [3.8, 4) is 0 Å². The smallest absolute Gasteiger partial charge is 0.190 e. The minimum atomic E-state index is -3.10. The van der Waals surface area contributed by atoms with Crippen LogP contribution in [0, 0.1) is 5.41 Å². The van der Waals surface area contributed by atoms with E-state index in [0.717, 1.165) is 37.7 Å². The predicted molar refractivity (Wildman–Crippen MR) is 135 cm³/mol. The molecule has 1 aliphatic rings. The van der Waals surface area contributed by atoms with Gasteiger partial charge in [-0.05, 0) is 43.6 Å². The van der Waals surface area contributed by atoms with Gasteiger partial charge in [0.15, 0.2) is 15.8 Å². The zero-order chi connectivity index (χ0) is 21.0. The number of aliphatic imine (C=N–C) groups is 1.